The minimum absolute atomic E-state index is 0.0306. The predicted molar refractivity (Wildman–Crippen MR) is 93.2 cm³/mol. The molecule has 1 amide bonds. The lowest BCUT2D eigenvalue weighted by molar-refractivity contribution is 0.0394. The van der Waals surface area contributed by atoms with E-state index < -0.39 is 0 Å². The zero-order chi connectivity index (χ0) is 17.8. The molecule has 1 aliphatic rings. The van der Waals surface area contributed by atoms with E-state index in [9.17, 15) is 9.90 Å². The van der Waals surface area contributed by atoms with E-state index in [1.165, 1.54) is 0 Å². The van der Waals surface area contributed by atoms with E-state index >= 15 is 0 Å². The summed E-state index contributed by atoms with van der Waals surface area (Å²) >= 11 is 0. The van der Waals surface area contributed by atoms with Crippen molar-refractivity contribution < 1.29 is 14.3 Å². The van der Waals surface area contributed by atoms with Gasteiger partial charge < -0.3 is 14.4 Å². The fourth-order valence-electron chi connectivity index (χ4n) is 3.47. The minimum Gasteiger partial charge on any atom is -0.472 e. The molecule has 0 aliphatic carbocycles. The highest BCUT2D eigenvalue weighted by Gasteiger charge is 2.31. The number of aliphatic hydroxyl groups is 1. The third kappa shape index (κ3) is 3.77. The van der Waals surface area contributed by atoms with Gasteiger partial charge in [0.25, 0.3) is 5.91 Å². The molecule has 1 fully saturated rings. The molecule has 25 heavy (non-hydrogen) atoms. The van der Waals surface area contributed by atoms with Crippen molar-refractivity contribution in [3.8, 4) is 0 Å². The third-order valence-electron chi connectivity index (χ3n) is 4.95. The Balaban J connectivity index is 1.70. The van der Waals surface area contributed by atoms with Gasteiger partial charge in [0.1, 0.15) is 0 Å². The van der Waals surface area contributed by atoms with Gasteiger partial charge in [-0.3, -0.25) is 14.4 Å². The van der Waals surface area contributed by atoms with E-state index in [1.54, 1.807) is 18.7 Å². The second-order valence-electron chi connectivity index (χ2n) is 6.48. The SMILES string of the molecule is CCn1ncc(C(=O)N2CCN(Cc3ccoc3)C(CCO)C2)c1C. The quantitative estimate of drug-likeness (QED) is 0.858. The van der Waals surface area contributed by atoms with Crippen molar-refractivity contribution in [1.82, 2.24) is 19.6 Å². The van der Waals surface area contributed by atoms with Gasteiger partial charge in [0.2, 0.25) is 0 Å². The Kier molecular flexibility index (Phi) is 5.55. The smallest absolute Gasteiger partial charge is 0.257 e. The lowest BCUT2D eigenvalue weighted by Crippen LogP contribution is -2.54. The van der Waals surface area contributed by atoms with E-state index in [2.05, 4.69) is 10.00 Å². The van der Waals surface area contributed by atoms with Gasteiger partial charge in [-0.25, -0.2) is 0 Å². The van der Waals surface area contributed by atoms with E-state index in [-0.39, 0.29) is 18.6 Å². The molecule has 2 aromatic heterocycles. The molecule has 1 N–H and O–H groups in total. The molecule has 1 saturated heterocycles. The summed E-state index contributed by atoms with van der Waals surface area (Å²) in [4.78, 5) is 17.1. The number of hydrogen-bond donors (Lipinski definition) is 1. The van der Waals surface area contributed by atoms with Crippen molar-refractivity contribution in [2.75, 3.05) is 26.2 Å². The number of aryl methyl sites for hydroxylation is 1. The number of carbonyl (C=O) groups excluding carboxylic acids is 1. The molecule has 2 aromatic rings. The third-order valence-corrected chi connectivity index (χ3v) is 4.95. The van der Waals surface area contributed by atoms with Crippen LogP contribution in [0, 0.1) is 6.92 Å². The summed E-state index contributed by atoms with van der Waals surface area (Å²) in [5.74, 6) is 0.0306. The van der Waals surface area contributed by atoms with Gasteiger partial charge in [0.15, 0.2) is 0 Å². The summed E-state index contributed by atoms with van der Waals surface area (Å²) < 4.78 is 6.99. The molecule has 1 unspecified atom stereocenters. The van der Waals surface area contributed by atoms with Crippen molar-refractivity contribution in [3.63, 3.8) is 0 Å². The molecule has 0 saturated carbocycles. The molecule has 7 nitrogen and oxygen atoms in total. The predicted octanol–water partition coefficient (Wildman–Crippen LogP) is 1.51. The molecule has 0 spiro atoms. The monoisotopic (exact) mass is 346 g/mol. The number of piperazine rings is 1. The lowest BCUT2D eigenvalue weighted by Gasteiger charge is -2.41. The summed E-state index contributed by atoms with van der Waals surface area (Å²) in [6, 6.07) is 2.09. The topological polar surface area (TPSA) is 74.7 Å². The number of rotatable bonds is 6. The Labute approximate surface area is 147 Å². The molecule has 1 atom stereocenters. The zero-order valence-electron chi connectivity index (χ0n) is 14.9. The fourth-order valence-corrected chi connectivity index (χ4v) is 3.47. The summed E-state index contributed by atoms with van der Waals surface area (Å²) in [7, 11) is 0. The van der Waals surface area contributed by atoms with Crippen LogP contribution in [0.3, 0.4) is 0 Å². The fraction of sp³-hybridized carbons (Fsp3) is 0.556. The number of furan rings is 1. The first-order valence-electron chi connectivity index (χ1n) is 8.81. The second kappa shape index (κ2) is 7.84. The van der Waals surface area contributed by atoms with Crippen molar-refractivity contribution in [1.29, 1.82) is 0 Å². The van der Waals surface area contributed by atoms with Crippen LogP contribution in [0.4, 0.5) is 0 Å². The van der Waals surface area contributed by atoms with E-state index in [1.807, 2.05) is 29.5 Å². The van der Waals surface area contributed by atoms with Gasteiger partial charge in [-0.1, -0.05) is 0 Å². The number of aliphatic hydroxyl groups excluding tert-OH is 1. The number of aromatic nitrogens is 2. The van der Waals surface area contributed by atoms with Crippen LogP contribution >= 0.6 is 0 Å². The summed E-state index contributed by atoms with van der Waals surface area (Å²) in [5.41, 5.74) is 2.70. The van der Waals surface area contributed by atoms with E-state index in [0.29, 0.717) is 25.1 Å². The maximum atomic E-state index is 12.9. The molecule has 136 valence electrons. The van der Waals surface area contributed by atoms with Crippen LogP contribution < -0.4 is 0 Å². The van der Waals surface area contributed by atoms with Gasteiger partial charge in [0, 0.05) is 56.6 Å². The van der Waals surface area contributed by atoms with Crippen LogP contribution in [0.2, 0.25) is 0 Å². The molecule has 7 heteroatoms. The summed E-state index contributed by atoms with van der Waals surface area (Å²) in [6.07, 6.45) is 5.73. The Morgan fingerprint density at radius 2 is 2.28 bits per heavy atom. The molecule has 1 aliphatic heterocycles. The molecule has 0 radical (unpaired) electrons. The van der Waals surface area contributed by atoms with Gasteiger partial charge in [-0.2, -0.15) is 5.10 Å². The molecular weight excluding hydrogens is 320 g/mol. The highest BCUT2D eigenvalue weighted by molar-refractivity contribution is 5.95. The highest BCUT2D eigenvalue weighted by Crippen LogP contribution is 2.19. The van der Waals surface area contributed by atoms with Gasteiger partial charge >= 0.3 is 0 Å². The second-order valence-corrected chi connectivity index (χ2v) is 6.48. The van der Waals surface area contributed by atoms with Gasteiger partial charge in [0.05, 0.1) is 24.3 Å². The molecule has 3 rings (SSSR count). The van der Waals surface area contributed by atoms with Crippen LogP contribution in [0.15, 0.2) is 29.2 Å². The van der Waals surface area contributed by atoms with Crippen LogP contribution in [0.5, 0.6) is 0 Å². The average Bonchev–Trinajstić information content (AvgIpc) is 3.25. The number of amides is 1. The first-order valence-corrected chi connectivity index (χ1v) is 8.81. The van der Waals surface area contributed by atoms with E-state index in [0.717, 1.165) is 30.9 Å². The summed E-state index contributed by atoms with van der Waals surface area (Å²) in [5, 5.41) is 13.7. The first kappa shape index (κ1) is 17.7. The van der Waals surface area contributed by atoms with Gasteiger partial charge in [-0.05, 0) is 26.3 Å². The Morgan fingerprint density at radius 3 is 2.92 bits per heavy atom. The van der Waals surface area contributed by atoms with Gasteiger partial charge in [-0.15, -0.1) is 0 Å². The highest BCUT2D eigenvalue weighted by atomic mass is 16.3. The van der Waals surface area contributed by atoms with Crippen LogP contribution in [0.25, 0.3) is 0 Å². The number of nitrogens with zero attached hydrogens (tertiary/aromatic N) is 4. The average molecular weight is 346 g/mol. The van der Waals surface area contributed by atoms with Crippen molar-refractivity contribution in [3.05, 3.63) is 41.6 Å². The van der Waals surface area contributed by atoms with Crippen molar-refractivity contribution >= 4 is 5.91 Å². The maximum Gasteiger partial charge on any atom is 0.257 e. The van der Waals surface area contributed by atoms with Crippen molar-refractivity contribution in [2.45, 2.75) is 39.4 Å². The Hall–Kier alpha value is -2.12. The Morgan fingerprint density at radius 1 is 1.44 bits per heavy atom. The number of carbonyl (C=O) groups is 1. The van der Waals surface area contributed by atoms with Crippen LogP contribution in [0.1, 0.15) is 35.0 Å². The minimum atomic E-state index is 0.0306. The Bertz CT molecular complexity index is 695. The van der Waals surface area contributed by atoms with Crippen LogP contribution in [-0.2, 0) is 13.1 Å². The van der Waals surface area contributed by atoms with E-state index in [4.69, 9.17) is 4.42 Å². The zero-order valence-corrected chi connectivity index (χ0v) is 14.9. The molecule has 0 bridgehead atoms. The largest absolute Gasteiger partial charge is 0.472 e. The first-order chi connectivity index (χ1) is 12.1. The van der Waals surface area contributed by atoms with Crippen molar-refractivity contribution in [2.24, 2.45) is 0 Å². The maximum absolute atomic E-state index is 12.9. The number of hydrogen-bond acceptors (Lipinski definition) is 5. The molecule has 3 heterocycles. The summed E-state index contributed by atoms with van der Waals surface area (Å²) in [6.45, 7) is 7.66. The lowest BCUT2D eigenvalue weighted by atomic mass is 10.1. The standard InChI is InChI=1S/C18H26N4O3/c1-3-22-14(2)17(10-19-22)18(24)21-7-6-20(16(12-21)4-8-23)11-15-5-9-25-13-15/h5,9-10,13,16,23H,3-4,6-8,11-12H2,1-2H3. The van der Waals surface area contributed by atoms with Crippen LogP contribution in [-0.4, -0.2) is 62.9 Å². The normalized spacial score (nSPS) is 18.7. The molecular formula is C18H26N4O3. The molecule has 0 aromatic carbocycles.